The first-order valence-corrected chi connectivity index (χ1v) is 8.24. The third kappa shape index (κ3) is 2.98. The normalized spacial score (nSPS) is 25.6. The van der Waals surface area contributed by atoms with Crippen molar-refractivity contribution in [2.45, 2.75) is 56.2 Å². The van der Waals surface area contributed by atoms with Gasteiger partial charge in [-0.25, -0.2) is 8.42 Å². The van der Waals surface area contributed by atoms with Crippen LogP contribution in [0.5, 0.6) is 0 Å². The SMILES string of the molecule is CNC(CS(=O)(=O)C1CCCCC1)C1CC1. The van der Waals surface area contributed by atoms with Crippen LogP contribution in [0.25, 0.3) is 0 Å². The molecule has 0 aromatic rings. The van der Waals surface area contributed by atoms with Gasteiger partial charge in [0.2, 0.25) is 0 Å². The van der Waals surface area contributed by atoms with Gasteiger partial charge in [0.25, 0.3) is 0 Å². The summed E-state index contributed by atoms with van der Waals surface area (Å²) in [5, 5.41) is 3.13. The van der Waals surface area contributed by atoms with E-state index in [1.165, 1.54) is 19.3 Å². The second kappa shape index (κ2) is 5.05. The van der Waals surface area contributed by atoms with E-state index in [1.807, 2.05) is 7.05 Å². The summed E-state index contributed by atoms with van der Waals surface area (Å²) >= 11 is 0. The fourth-order valence-electron chi connectivity index (χ4n) is 2.76. The Kier molecular flexibility index (Phi) is 3.90. The Labute approximate surface area is 98.9 Å². The first kappa shape index (κ1) is 12.4. The van der Waals surface area contributed by atoms with Crippen molar-refractivity contribution >= 4 is 9.84 Å². The zero-order chi connectivity index (χ0) is 11.6. The highest BCUT2D eigenvalue weighted by Crippen LogP contribution is 2.34. The molecule has 1 atom stereocenters. The lowest BCUT2D eigenvalue weighted by molar-refractivity contribution is 0.472. The molecule has 0 heterocycles. The van der Waals surface area contributed by atoms with Gasteiger partial charge in [-0.15, -0.1) is 0 Å². The zero-order valence-electron chi connectivity index (χ0n) is 10.1. The summed E-state index contributed by atoms with van der Waals surface area (Å²) in [5.74, 6) is 0.974. The summed E-state index contributed by atoms with van der Waals surface area (Å²) in [6.07, 6.45) is 7.59. The molecule has 3 nitrogen and oxygen atoms in total. The molecule has 0 spiro atoms. The molecule has 4 heteroatoms. The maximum Gasteiger partial charge on any atom is 0.154 e. The predicted molar refractivity (Wildman–Crippen MR) is 66.2 cm³/mol. The van der Waals surface area contributed by atoms with Gasteiger partial charge in [-0.2, -0.15) is 0 Å². The van der Waals surface area contributed by atoms with Crippen molar-refractivity contribution in [1.82, 2.24) is 5.32 Å². The molecule has 1 N–H and O–H groups in total. The molecule has 1 unspecified atom stereocenters. The maximum absolute atomic E-state index is 12.2. The van der Waals surface area contributed by atoms with E-state index in [1.54, 1.807) is 0 Å². The Bertz CT molecular complexity index is 316. The molecule has 0 amide bonds. The number of nitrogens with one attached hydrogen (secondary N) is 1. The highest BCUT2D eigenvalue weighted by Gasteiger charge is 2.36. The highest BCUT2D eigenvalue weighted by atomic mass is 32.2. The van der Waals surface area contributed by atoms with Crippen molar-refractivity contribution in [3.8, 4) is 0 Å². The van der Waals surface area contributed by atoms with Crippen LogP contribution >= 0.6 is 0 Å². The monoisotopic (exact) mass is 245 g/mol. The molecule has 0 bridgehead atoms. The minimum Gasteiger partial charge on any atom is -0.316 e. The lowest BCUT2D eigenvalue weighted by Gasteiger charge is -2.24. The molecule has 0 aliphatic heterocycles. The molecule has 0 aromatic heterocycles. The first-order chi connectivity index (χ1) is 7.63. The maximum atomic E-state index is 12.2. The molecule has 0 aromatic carbocycles. The predicted octanol–water partition coefficient (Wildman–Crippen LogP) is 1.73. The number of hydrogen-bond donors (Lipinski definition) is 1. The van der Waals surface area contributed by atoms with Crippen molar-refractivity contribution < 1.29 is 8.42 Å². The fourth-order valence-corrected chi connectivity index (χ4v) is 5.03. The molecule has 2 rings (SSSR count). The summed E-state index contributed by atoms with van der Waals surface area (Å²) in [6, 6.07) is 0.201. The van der Waals surface area contributed by atoms with Crippen molar-refractivity contribution in [2.24, 2.45) is 5.92 Å². The lowest BCUT2D eigenvalue weighted by Crippen LogP contribution is -2.39. The van der Waals surface area contributed by atoms with Gasteiger partial charge < -0.3 is 5.32 Å². The van der Waals surface area contributed by atoms with Crippen LogP contribution < -0.4 is 5.32 Å². The number of hydrogen-bond acceptors (Lipinski definition) is 3. The third-order valence-electron chi connectivity index (χ3n) is 4.03. The molecule has 2 aliphatic carbocycles. The largest absolute Gasteiger partial charge is 0.316 e. The molecule has 0 radical (unpaired) electrons. The summed E-state index contributed by atoms with van der Waals surface area (Å²) in [7, 11) is -0.974. The molecular weight excluding hydrogens is 222 g/mol. The smallest absolute Gasteiger partial charge is 0.154 e. The van der Waals surface area contributed by atoms with Gasteiger partial charge in [-0.1, -0.05) is 19.3 Å². The molecule has 2 saturated carbocycles. The number of rotatable bonds is 5. The Balaban J connectivity index is 1.94. The quantitative estimate of drug-likeness (QED) is 0.802. The van der Waals surface area contributed by atoms with Crippen LogP contribution in [0.4, 0.5) is 0 Å². The Morgan fingerprint density at radius 3 is 2.25 bits per heavy atom. The molecule has 2 fully saturated rings. The van der Waals surface area contributed by atoms with Gasteiger partial charge >= 0.3 is 0 Å². The van der Waals surface area contributed by atoms with Gasteiger partial charge in [0, 0.05) is 6.04 Å². The Morgan fingerprint density at radius 1 is 1.12 bits per heavy atom. The van der Waals surface area contributed by atoms with Crippen LogP contribution in [0.3, 0.4) is 0 Å². The van der Waals surface area contributed by atoms with Crippen LogP contribution in [-0.2, 0) is 9.84 Å². The van der Waals surface area contributed by atoms with Crippen molar-refractivity contribution in [3.63, 3.8) is 0 Å². The summed E-state index contributed by atoms with van der Waals surface area (Å²) in [5.41, 5.74) is 0. The van der Waals surface area contributed by atoms with E-state index in [0.717, 1.165) is 25.7 Å². The van der Waals surface area contributed by atoms with E-state index in [2.05, 4.69) is 5.32 Å². The van der Waals surface area contributed by atoms with Crippen LogP contribution in [0.1, 0.15) is 44.9 Å². The highest BCUT2D eigenvalue weighted by molar-refractivity contribution is 7.92. The topological polar surface area (TPSA) is 46.2 Å². The first-order valence-electron chi connectivity index (χ1n) is 6.52. The fraction of sp³-hybridized carbons (Fsp3) is 1.00. The zero-order valence-corrected chi connectivity index (χ0v) is 10.9. The lowest BCUT2D eigenvalue weighted by atomic mass is 10.0. The van der Waals surface area contributed by atoms with Gasteiger partial charge in [-0.3, -0.25) is 0 Å². The third-order valence-corrected chi connectivity index (χ3v) is 6.34. The van der Waals surface area contributed by atoms with Crippen molar-refractivity contribution in [1.29, 1.82) is 0 Å². The summed E-state index contributed by atoms with van der Waals surface area (Å²) < 4.78 is 24.5. The standard InChI is InChI=1S/C12H23NO2S/c1-13-12(10-7-8-10)9-16(14,15)11-5-3-2-4-6-11/h10-13H,2-9H2,1H3. The van der Waals surface area contributed by atoms with Gasteiger partial charge in [0.1, 0.15) is 0 Å². The van der Waals surface area contributed by atoms with Gasteiger partial charge in [0.05, 0.1) is 11.0 Å². The summed E-state index contributed by atoms with van der Waals surface area (Å²) in [4.78, 5) is 0. The van der Waals surface area contributed by atoms with E-state index in [4.69, 9.17) is 0 Å². The van der Waals surface area contributed by atoms with Crippen LogP contribution in [0, 0.1) is 5.92 Å². The minimum absolute atomic E-state index is 0.0455. The Hall–Kier alpha value is -0.0900. The van der Waals surface area contributed by atoms with E-state index in [0.29, 0.717) is 11.7 Å². The molecule has 94 valence electrons. The number of sulfone groups is 1. The Morgan fingerprint density at radius 2 is 1.75 bits per heavy atom. The van der Waals surface area contributed by atoms with E-state index >= 15 is 0 Å². The van der Waals surface area contributed by atoms with Gasteiger partial charge in [0.15, 0.2) is 9.84 Å². The molecular formula is C12H23NO2S. The second-order valence-electron chi connectivity index (χ2n) is 5.32. The summed E-state index contributed by atoms with van der Waals surface area (Å²) in [6.45, 7) is 0. The van der Waals surface area contributed by atoms with E-state index < -0.39 is 9.84 Å². The average molecular weight is 245 g/mol. The van der Waals surface area contributed by atoms with Gasteiger partial charge in [-0.05, 0) is 38.6 Å². The van der Waals surface area contributed by atoms with E-state index in [9.17, 15) is 8.42 Å². The van der Waals surface area contributed by atoms with Crippen LogP contribution in [0.15, 0.2) is 0 Å². The molecule has 16 heavy (non-hydrogen) atoms. The second-order valence-corrected chi connectivity index (χ2v) is 7.65. The van der Waals surface area contributed by atoms with Crippen molar-refractivity contribution in [3.05, 3.63) is 0 Å². The van der Waals surface area contributed by atoms with Crippen LogP contribution in [0.2, 0.25) is 0 Å². The minimum atomic E-state index is -2.86. The van der Waals surface area contributed by atoms with Crippen LogP contribution in [-0.4, -0.2) is 32.5 Å². The molecule has 0 saturated heterocycles. The van der Waals surface area contributed by atoms with Crippen molar-refractivity contribution in [2.75, 3.05) is 12.8 Å². The average Bonchev–Trinajstić information content (AvgIpc) is 3.11. The molecule has 2 aliphatic rings. The van der Waals surface area contributed by atoms with E-state index in [-0.39, 0.29) is 11.3 Å².